The summed E-state index contributed by atoms with van der Waals surface area (Å²) in [4.78, 5) is 8.93. The molecule has 0 aliphatic carbocycles. The van der Waals surface area contributed by atoms with E-state index in [0.29, 0.717) is 18.2 Å². The van der Waals surface area contributed by atoms with Gasteiger partial charge in [-0.2, -0.15) is 12.6 Å². The van der Waals surface area contributed by atoms with Gasteiger partial charge in [0.2, 0.25) is 9.04 Å². The number of thiol groups is 1. The van der Waals surface area contributed by atoms with E-state index in [1.165, 1.54) is 0 Å². The maximum atomic E-state index is 8.93. The van der Waals surface area contributed by atoms with Crippen molar-refractivity contribution in [3.8, 4) is 0 Å². The summed E-state index contributed by atoms with van der Waals surface area (Å²) < 4.78 is 4.95. The van der Waals surface area contributed by atoms with Crippen molar-refractivity contribution in [3.63, 3.8) is 0 Å². The third-order valence-electron chi connectivity index (χ3n) is 0.725. The molecule has 0 aromatic heterocycles. The third kappa shape index (κ3) is 4.64. The number of ether oxygens (including phenoxy) is 1. The fourth-order valence-electron chi connectivity index (χ4n) is 0.307. The van der Waals surface area contributed by atoms with E-state index in [0.717, 1.165) is 0 Å². The van der Waals surface area contributed by atoms with E-state index >= 15 is 0 Å². The van der Waals surface area contributed by atoms with Crippen LogP contribution in [0.15, 0.2) is 0 Å². The van der Waals surface area contributed by atoms with Crippen molar-refractivity contribution in [2.45, 2.75) is 6.92 Å². The minimum atomic E-state index is -1.56. The highest BCUT2D eigenvalue weighted by atomic mass is 32.1. The van der Waals surface area contributed by atoms with Crippen LogP contribution in [0.2, 0.25) is 0 Å². The lowest BCUT2D eigenvalue weighted by molar-refractivity contribution is 0.182. The molecule has 1 unspecified atom stereocenters. The van der Waals surface area contributed by atoms with Gasteiger partial charge in [-0.1, -0.05) is 0 Å². The van der Waals surface area contributed by atoms with E-state index in [1.807, 2.05) is 6.92 Å². The zero-order chi connectivity index (χ0) is 6.41. The van der Waals surface area contributed by atoms with E-state index in [-0.39, 0.29) is 0 Å². The average Bonchev–Trinajstić information content (AvgIpc) is 1.83. The fraction of sp³-hybridized carbons (Fsp3) is 1.00. The molecule has 8 heavy (non-hydrogen) atoms. The Hall–Kier alpha value is 0.487. The molecule has 0 spiro atoms. The topological polar surface area (TPSA) is 29.5 Å². The molecule has 0 aromatic rings. The van der Waals surface area contributed by atoms with Crippen molar-refractivity contribution in [2.24, 2.45) is 0 Å². The molecule has 0 rings (SSSR count). The van der Waals surface area contributed by atoms with Crippen molar-refractivity contribution in [2.75, 3.05) is 18.2 Å². The zero-order valence-corrected chi connectivity index (χ0v) is 7.05. The smallest absolute Gasteiger partial charge is 0.207 e. The monoisotopic (exact) mass is 152 g/mol. The summed E-state index contributed by atoms with van der Waals surface area (Å²) in [6.07, 6.45) is 0.542. The quantitative estimate of drug-likeness (QED) is 0.430. The second-order valence-electron chi connectivity index (χ2n) is 1.50. The maximum absolute atomic E-state index is 8.93. The zero-order valence-electron chi connectivity index (χ0n) is 5.00. The van der Waals surface area contributed by atoms with Crippen molar-refractivity contribution in [3.05, 3.63) is 0 Å². The Morgan fingerprint density at radius 1 is 1.75 bits per heavy atom. The van der Waals surface area contributed by atoms with E-state index in [9.17, 15) is 0 Å². The van der Waals surface area contributed by atoms with Gasteiger partial charge in [0.25, 0.3) is 0 Å². The Morgan fingerprint density at radius 2 is 2.38 bits per heavy atom. The molecule has 0 fully saturated rings. The standard InChI is InChI=1S/C4H12O2SSi/c1-2-6-3-8(5)4-7/h5,7-8H,2-4H2,1H3. The highest BCUT2D eigenvalue weighted by Crippen LogP contribution is 1.82. The van der Waals surface area contributed by atoms with Crippen LogP contribution in [0.1, 0.15) is 6.92 Å². The summed E-state index contributed by atoms with van der Waals surface area (Å²) in [5.41, 5.74) is 0. The van der Waals surface area contributed by atoms with Gasteiger partial charge in [-0.25, -0.2) is 0 Å². The largest absolute Gasteiger partial charge is 0.432 e. The lowest BCUT2D eigenvalue weighted by Crippen LogP contribution is -2.22. The van der Waals surface area contributed by atoms with Gasteiger partial charge in [-0.3, -0.25) is 0 Å². The van der Waals surface area contributed by atoms with E-state index < -0.39 is 9.04 Å². The van der Waals surface area contributed by atoms with E-state index in [1.54, 1.807) is 0 Å². The Morgan fingerprint density at radius 3 is 2.75 bits per heavy atom. The number of hydrogen-bond donors (Lipinski definition) is 2. The highest BCUT2D eigenvalue weighted by Gasteiger charge is 2.01. The Bertz CT molecular complexity index is 53.3. The minimum absolute atomic E-state index is 0.542. The van der Waals surface area contributed by atoms with Crippen LogP contribution in [0.3, 0.4) is 0 Å². The summed E-state index contributed by atoms with van der Waals surface area (Å²) in [6.45, 7) is 2.61. The van der Waals surface area contributed by atoms with Gasteiger partial charge in [0.05, 0.1) is 6.23 Å². The maximum Gasteiger partial charge on any atom is 0.207 e. The molecular weight excluding hydrogens is 140 g/mol. The molecule has 4 heteroatoms. The molecule has 1 atom stereocenters. The molecule has 0 saturated heterocycles. The number of hydrogen-bond acceptors (Lipinski definition) is 3. The molecular formula is C4H12O2SSi. The van der Waals surface area contributed by atoms with Gasteiger partial charge in [-0.05, 0) is 6.92 Å². The van der Waals surface area contributed by atoms with Crippen molar-refractivity contribution in [1.29, 1.82) is 0 Å². The molecule has 0 radical (unpaired) electrons. The first-order valence-electron chi connectivity index (χ1n) is 2.68. The summed E-state index contributed by atoms with van der Waals surface area (Å²) in [7, 11) is -1.56. The van der Waals surface area contributed by atoms with Gasteiger partial charge < -0.3 is 9.53 Å². The van der Waals surface area contributed by atoms with Crippen LogP contribution < -0.4 is 0 Å². The van der Waals surface area contributed by atoms with Crippen molar-refractivity contribution < 1.29 is 9.53 Å². The molecule has 0 heterocycles. The third-order valence-corrected chi connectivity index (χ3v) is 3.03. The van der Waals surface area contributed by atoms with Gasteiger partial charge in [0, 0.05) is 12.0 Å². The molecule has 50 valence electrons. The van der Waals surface area contributed by atoms with Crippen LogP contribution in [0.25, 0.3) is 0 Å². The fourth-order valence-corrected chi connectivity index (χ4v) is 1.24. The summed E-state index contributed by atoms with van der Waals surface area (Å²) >= 11 is 3.92. The molecule has 1 N–H and O–H groups in total. The predicted molar refractivity (Wildman–Crippen MR) is 39.7 cm³/mol. The van der Waals surface area contributed by atoms with Gasteiger partial charge in [0.1, 0.15) is 0 Å². The summed E-state index contributed by atoms with van der Waals surface area (Å²) in [5.74, 6) is 0. The van der Waals surface area contributed by atoms with Crippen LogP contribution in [0, 0.1) is 0 Å². The lowest BCUT2D eigenvalue weighted by atomic mass is 10.9. The highest BCUT2D eigenvalue weighted by molar-refractivity contribution is 7.81. The SMILES string of the molecule is CCOC[SiH](O)CS. The van der Waals surface area contributed by atoms with Gasteiger partial charge in [0.15, 0.2) is 0 Å². The van der Waals surface area contributed by atoms with Crippen LogP contribution in [0.5, 0.6) is 0 Å². The molecule has 0 amide bonds. The Labute approximate surface area is 57.0 Å². The first-order valence-corrected chi connectivity index (χ1v) is 5.46. The predicted octanol–water partition coefficient (Wildman–Crippen LogP) is -0.253. The molecule has 0 saturated carbocycles. The van der Waals surface area contributed by atoms with Gasteiger partial charge >= 0.3 is 0 Å². The first-order chi connectivity index (χ1) is 3.81. The Balaban J connectivity index is 2.86. The van der Waals surface area contributed by atoms with Crippen molar-refractivity contribution >= 4 is 21.7 Å². The average molecular weight is 152 g/mol. The molecule has 2 nitrogen and oxygen atoms in total. The van der Waals surface area contributed by atoms with Crippen LogP contribution in [0.4, 0.5) is 0 Å². The summed E-state index contributed by atoms with van der Waals surface area (Å²) in [6, 6.07) is 0. The second-order valence-corrected chi connectivity index (χ2v) is 4.60. The van der Waals surface area contributed by atoms with Crippen molar-refractivity contribution in [1.82, 2.24) is 0 Å². The summed E-state index contributed by atoms with van der Waals surface area (Å²) in [5, 5.41) is 0.611. The molecule has 0 aliphatic heterocycles. The molecule has 0 aliphatic rings. The molecule has 0 aromatic carbocycles. The first kappa shape index (κ1) is 8.49. The van der Waals surface area contributed by atoms with Crippen LogP contribution in [-0.4, -0.2) is 32.0 Å². The normalized spacial score (nSPS) is 13.9. The van der Waals surface area contributed by atoms with Crippen LogP contribution >= 0.6 is 12.6 Å². The van der Waals surface area contributed by atoms with E-state index in [4.69, 9.17) is 9.53 Å². The molecule has 0 bridgehead atoms. The van der Waals surface area contributed by atoms with Crippen LogP contribution in [-0.2, 0) is 4.74 Å². The van der Waals surface area contributed by atoms with E-state index in [2.05, 4.69) is 12.6 Å². The number of rotatable bonds is 4. The minimum Gasteiger partial charge on any atom is -0.432 e. The van der Waals surface area contributed by atoms with Gasteiger partial charge in [-0.15, -0.1) is 0 Å². The lowest BCUT2D eigenvalue weighted by Gasteiger charge is -2.02. The second kappa shape index (κ2) is 5.62. The Kier molecular flexibility index (Phi) is 5.96.